The molecule has 514 valence electrons. The molecule has 2 rings (SSSR count). The minimum atomic E-state index is -1.29. The Morgan fingerprint density at radius 2 is 1.20 bits per heavy atom. The fourth-order valence-electron chi connectivity index (χ4n) is 10.4. The average Bonchev–Trinajstić information content (AvgIpc) is 1.93. The number of allylic oxidation sites excluding steroid dienone is 5. The van der Waals surface area contributed by atoms with Gasteiger partial charge in [-0.25, -0.2) is 4.79 Å². The Balaban J connectivity index is 2.07. The number of amides is 9. The van der Waals surface area contributed by atoms with E-state index in [1.807, 2.05) is 20.1 Å². The van der Waals surface area contributed by atoms with Crippen molar-refractivity contribution in [3.8, 4) is 0 Å². The average molecular weight is 1330 g/mol. The molecular weight excluding hydrogens is 1220 g/mol. The van der Waals surface area contributed by atoms with Gasteiger partial charge in [0, 0.05) is 55.3 Å². The van der Waals surface area contributed by atoms with Crippen molar-refractivity contribution in [2.24, 2.45) is 5.92 Å². The molecule has 2 aliphatic heterocycles. The molecule has 20 nitrogen and oxygen atoms in total. The van der Waals surface area contributed by atoms with Crippen molar-refractivity contribution >= 4 is 99.5 Å². The first-order chi connectivity index (χ1) is 43.6. The van der Waals surface area contributed by atoms with Gasteiger partial charge in [-0.2, -0.15) is 23.5 Å². The number of imide groups is 1. The highest BCUT2D eigenvalue weighted by atomic mass is 32.2. The molecule has 0 spiro atoms. The van der Waals surface area contributed by atoms with Crippen molar-refractivity contribution in [3.63, 3.8) is 0 Å². The third-order valence-corrected chi connectivity index (χ3v) is 18.4. The van der Waals surface area contributed by atoms with Crippen LogP contribution in [0.1, 0.15) is 215 Å². The van der Waals surface area contributed by atoms with Crippen LogP contribution in [0.2, 0.25) is 0 Å². The zero-order valence-electron chi connectivity index (χ0n) is 56.4. The summed E-state index contributed by atoms with van der Waals surface area (Å²) >= 11 is 3.81. The van der Waals surface area contributed by atoms with E-state index in [2.05, 4.69) is 84.7 Å². The molecule has 0 saturated carbocycles. The van der Waals surface area contributed by atoms with Crippen molar-refractivity contribution in [3.05, 3.63) is 47.1 Å². The zero-order chi connectivity index (χ0) is 67.3. The third kappa shape index (κ3) is 37.2. The maximum atomic E-state index is 14.3. The molecule has 2 aliphatic rings. The lowest BCUT2D eigenvalue weighted by Gasteiger charge is -2.30. The van der Waals surface area contributed by atoms with Gasteiger partial charge in [0.2, 0.25) is 41.4 Å². The normalized spacial score (nSPS) is 15.4. The van der Waals surface area contributed by atoms with Gasteiger partial charge < -0.3 is 41.5 Å². The molecule has 5 atom stereocenters. The number of unbranched alkanes of at least 4 members (excludes halogenated alkanes) is 14. The summed E-state index contributed by atoms with van der Waals surface area (Å²) in [5.41, 5.74) is 3.91. The van der Waals surface area contributed by atoms with E-state index in [1.54, 1.807) is 0 Å². The predicted octanol–water partition coefficient (Wildman–Crippen LogP) is 9.50. The van der Waals surface area contributed by atoms with Crippen LogP contribution in [0.25, 0.3) is 0 Å². The number of likely N-dealkylation sites (tertiary alicyclic amines) is 1. The van der Waals surface area contributed by atoms with E-state index in [-0.39, 0.29) is 73.1 Å². The SMILES string of the molecule is CCCCCCCCCCCCCCCC(=O)SC[C@H](NC(=O)CNC(=O)CCCCCN1C(=O)C=CC1=O)C(=O)N[C@@H](CCSC)C(=O)NCC(=O)N[C@@H](CC(C)C)C(=O)N1CCC[C@H]1C(=O)N[C@@H](CSC/C=C(\C)CC/C=C(\C)CCC=C(C)C)C(=O)OC. The highest BCUT2D eigenvalue weighted by Crippen LogP contribution is 2.23. The van der Waals surface area contributed by atoms with Crippen LogP contribution < -0.4 is 31.9 Å². The molecule has 0 unspecified atom stereocenters. The van der Waals surface area contributed by atoms with E-state index in [0.29, 0.717) is 50.0 Å². The highest BCUT2D eigenvalue weighted by Gasteiger charge is 2.39. The highest BCUT2D eigenvalue weighted by molar-refractivity contribution is 8.13. The largest absolute Gasteiger partial charge is 0.467 e. The lowest BCUT2D eigenvalue weighted by atomic mass is 10.0. The van der Waals surface area contributed by atoms with Gasteiger partial charge in [-0.05, 0) is 116 Å². The van der Waals surface area contributed by atoms with Crippen molar-refractivity contribution in [2.45, 2.75) is 246 Å². The number of carbonyl (C=O) groups excluding carboxylic acids is 11. The molecule has 0 aromatic rings. The lowest BCUT2D eigenvalue weighted by molar-refractivity contribution is -0.146. The van der Waals surface area contributed by atoms with Crippen LogP contribution in [0, 0.1) is 5.92 Å². The van der Waals surface area contributed by atoms with Crippen LogP contribution in [0.15, 0.2) is 47.1 Å². The number of rotatable bonds is 50. The Hall–Kier alpha value is -5.42. The van der Waals surface area contributed by atoms with Crippen molar-refractivity contribution in [1.82, 2.24) is 41.7 Å². The molecule has 23 heteroatoms. The quantitative estimate of drug-likeness (QED) is 0.0143. The van der Waals surface area contributed by atoms with Gasteiger partial charge in [-0.3, -0.25) is 52.8 Å². The summed E-state index contributed by atoms with van der Waals surface area (Å²) in [7, 11) is 1.26. The van der Waals surface area contributed by atoms with Gasteiger partial charge in [0.1, 0.15) is 30.2 Å². The van der Waals surface area contributed by atoms with Crippen LogP contribution in [0.3, 0.4) is 0 Å². The number of nitrogens with zero attached hydrogens (tertiary/aromatic N) is 2. The van der Waals surface area contributed by atoms with Gasteiger partial charge in [0.15, 0.2) is 5.12 Å². The van der Waals surface area contributed by atoms with Gasteiger partial charge in [0.25, 0.3) is 11.8 Å². The summed E-state index contributed by atoms with van der Waals surface area (Å²) in [6, 6.07) is -5.39. The first-order valence-electron chi connectivity index (χ1n) is 33.4. The Labute approximate surface area is 556 Å². The summed E-state index contributed by atoms with van der Waals surface area (Å²) in [4.78, 5) is 148. The van der Waals surface area contributed by atoms with E-state index < -0.39 is 90.6 Å². The Morgan fingerprint density at radius 1 is 0.626 bits per heavy atom. The van der Waals surface area contributed by atoms with Gasteiger partial charge >= 0.3 is 5.97 Å². The second kappa shape index (κ2) is 49.2. The number of thioether (sulfide) groups is 3. The van der Waals surface area contributed by atoms with Crippen molar-refractivity contribution in [2.75, 3.05) is 62.6 Å². The standard InChI is InChI=1S/C68H112N8O12S3/c1-10-11-12-13-14-15-16-17-18-19-20-21-24-35-63(82)91-48-55(72-59(78)45-69-58(77)34-23-22-25-40-76-61(80)36-37-62(76)81)65(84)73-53(39-42-89-9)64(83)70-46-60(79)71-54(44-50(4)5)67(86)75-41-28-33-57(75)66(85)74-56(68(87)88-8)47-90-43-38-52(7)32-27-31-51(6)30-26-29-49(2)3/h29,31,36-38,50,53-57H,10-28,30,32-35,39-48H2,1-9H3,(H,69,77)(H,70,83)(H,71,79)(H,72,78)(H,73,84)(H,74,85)/b51-31+,52-38+/t53-,54-,55-,56-,57-/m0/s1. The molecule has 0 bridgehead atoms. The molecule has 91 heavy (non-hydrogen) atoms. The monoisotopic (exact) mass is 1330 g/mol. The predicted molar refractivity (Wildman–Crippen MR) is 368 cm³/mol. The molecule has 0 radical (unpaired) electrons. The number of esters is 1. The van der Waals surface area contributed by atoms with E-state index in [9.17, 15) is 52.7 Å². The summed E-state index contributed by atoms with van der Waals surface area (Å²) in [5.74, 6) is -4.51. The molecule has 1 fully saturated rings. The fraction of sp³-hybridized carbons (Fsp3) is 0.721. The molecule has 6 N–H and O–H groups in total. The number of carbonyl (C=O) groups is 11. The molecule has 1 saturated heterocycles. The van der Waals surface area contributed by atoms with Crippen LogP contribution in [-0.2, 0) is 57.5 Å². The minimum absolute atomic E-state index is 0.0683. The van der Waals surface area contributed by atoms with Gasteiger partial charge in [-0.1, -0.05) is 151 Å². The number of hydrogen-bond donors (Lipinski definition) is 6. The Kier molecular flexibility index (Phi) is 44.2. The number of nitrogens with one attached hydrogen (secondary N) is 6. The number of ether oxygens (including phenoxy) is 1. The first kappa shape index (κ1) is 81.7. The van der Waals surface area contributed by atoms with E-state index in [1.165, 1.54) is 122 Å². The molecular formula is C68H112N8O12S3. The Morgan fingerprint density at radius 3 is 1.80 bits per heavy atom. The van der Waals surface area contributed by atoms with E-state index >= 15 is 0 Å². The zero-order valence-corrected chi connectivity index (χ0v) is 58.9. The van der Waals surface area contributed by atoms with E-state index in [0.717, 1.165) is 61.6 Å². The minimum Gasteiger partial charge on any atom is -0.467 e. The van der Waals surface area contributed by atoms with Crippen LogP contribution in [0.4, 0.5) is 0 Å². The van der Waals surface area contributed by atoms with Gasteiger partial charge in [-0.15, -0.1) is 0 Å². The lowest BCUT2D eigenvalue weighted by Crippen LogP contribution is -2.57. The second-order valence-corrected chi connectivity index (χ2v) is 27.8. The van der Waals surface area contributed by atoms with Gasteiger partial charge in [0.05, 0.1) is 20.2 Å². The summed E-state index contributed by atoms with van der Waals surface area (Å²) in [6.07, 6.45) is 33.0. The van der Waals surface area contributed by atoms with Crippen LogP contribution in [-0.4, -0.2) is 167 Å². The fourth-order valence-corrected chi connectivity index (χ4v) is 12.8. The topological polar surface area (TPSA) is 276 Å². The molecule has 0 aliphatic carbocycles. The molecule has 0 aromatic carbocycles. The van der Waals surface area contributed by atoms with Crippen molar-refractivity contribution < 1.29 is 57.5 Å². The maximum absolute atomic E-state index is 14.3. The number of methoxy groups -OCH3 is 1. The Bertz CT molecular complexity index is 2410. The second-order valence-electron chi connectivity index (χ2n) is 24.6. The first-order valence-corrected chi connectivity index (χ1v) is 37.0. The van der Waals surface area contributed by atoms with Crippen LogP contribution >= 0.6 is 35.3 Å². The summed E-state index contributed by atoms with van der Waals surface area (Å²) in [6.45, 7) is 13.9. The number of hydrogen-bond acceptors (Lipinski definition) is 15. The maximum Gasteiger partial charge on any atom is 0.329 e. The van der Waals surface area contributed by atoms with Crippen LogP contribution in [0.5, 0.6) is 0 Å². The smallest absolute Gasteiger partial charge is 0.329 e. The molecule has 9 amide bonds. The summed E-state index contributed by atoms with van der Waals surface area (Å²) in [5, 5.41) is 15.9. The molecule has 2 heterocycles. The summed E-state index contributed by atoms with van der Waals surface area (Å²) < 4.78 is 5.06. The van der Waals surface area contributed by atoms with Crippen molar-refractivity contribution in [1.29, 1.82) is 0 Å². The molecule has 0 aromatic heterocycles. The van der Waals surface area contributed by atoms with E-state index in [4.69, 9.17) is 4.74 Å². The third-order valence-electron chi connectivity index (χ3n) is 15.8.